The monoisotopic (exact) mass is 702 g/mol. The first-order valence-electron chi connectivity index (χ1n) is 18.8. The van der Waals surface area contributed by atoms with Crippen molar-refractivity contribution in [1.29, 1.82) is 0 Å². The summed E-state index contributed by atoms with van der Waals surface area (Å²) >= 11 is 0. The number of hydrogen-bond donors (Lipinski definition) is 2. The lowest BCUT2D eigenvalue weighted by molar-refractivity contribution is 0.475. The van der Waals surface area contributed by atoms with E-state index in [2.05, 4.69) is 170 Å². The highest BCUT2D eigenvalue weighted by Crippen LogP contribution is 2.62. The zero-order chi connectivity index (χ0) is 36.7. The number of aromatic hydroxyl groups is 2. The molecule has 0 aromatic heterocycles. The Labute approximate surface area is 318 Å². The van der Waals surface area contributed by atoms with Crippen molar-refractivity contribution in [2.24, 2.45) is 0 Å². The summed E-state index contributed by atoms with van der Waals surface area (Å²) in [5.74, 6) is 0.427. The van der Waals surface area contributed by atoms with E-state index in [1.54, 1.807) is 24.3 Å². The molecule has 0 saturated heterocycles. The topological polar surface area (TPSA) is 40.5 Å². The van der Waals surface area contributed by atoms with Gasteiger partial charge in [-0.3, -0.25) is 0 Å². The Morgan fingerprint density at radius 3 is 1.00 bits per heavy atom. The van der Waals surface area contributed by atoms with Crippen molar-refractivity contribution in [3.63, 3.8) is 0 Å². The highest BCUT2D eigenvalue weighted by Gasteiger charge is 2.49. The first kappa shape index (κ1) is 31.4. The molecule has 10 aromatic carbocycles. The summed E-state index contributed by atoms with van der Waals surface area (Å²) in [4.78, 5) is 0. The largest absolute Gasteiger partial charge is 0.508 e. The number of benzene rings is 10. The van der Waals surface area contributed by atoms with Gasteiger partial charge in [0.2, 0.25) is 0 Å². The van der Waals surface area contributed by atoms with Crippen LogP contribution in [0.3, 0.4) is 0 Å². The molecule has 0 saturated carbocycles. The Bertz CT molecular complexity index is 2940. The molecule has 0 aliphatic heterocycles. The van der Waals surface area contributed by atoms with Crippen LogP contribution in [0.15, 0.2) is 194 Å². The van der Waals surface area contributed by atoms with Crippen LogP contribution in [0.4, 0.5) is 0 Å². The Morgan fingerprint density at radius 1 is 0.273 bits per heavy atom. The number of rotatable bonds is 4. The van der Waals surface area contributed by atoms with Crippen molar-refractivity contribution >= 4 is 43.1 Å². The molecule has 1 aliphatic rings. The van der Waals surface area contributed by atoms with Crippen LogP contribution >= 0.6 is 0 Å². The molecule has 0 spiro atoms. The van der Waals surface area contributed by atoms with Crippen molar-refractivity contribution in [2.75, 3.05) is 0 Å². The van der Waals surface area contributed by atoms with Crippen LogP contribution in [-0.4, -0.2) is 10.2 Å². The number of phenols is 2. The lowest BCUT2D eigenvalue weighted by atomic mass is 9.64. The molecular formula is C53H34O2. The van der Waals surface area contributed by atoms with E-state index in [1.165, 1.54) is 65.3 Å². The Balaban J connectivity index is 1.34. The van der Waals surface area contributed by atoms with Crippen LogP contribution in [-0.2, 0) is 5.41 Å². The van der Waals surface area contributed by atoms with E-state index in [0.717, 1.165) is 33.4 Å². The minimum absolute atomic E-state index is 0.214. The SMILES string of the molecule is Oc1ccc(C2(c3ccc(O)cc3)c3c(cccc3-c3cc4ccccc4c4ccccc34)-c3cccc(-c4cc5ccccc5c5ccccc45)c32)cc1. The van der Waals surface area contributed by atoms with Crippen molar-refractivity contribution in [3.05, 3.63) is 216 Å². The van der Waals surface area contributed by atoms with Crippen LogP contribution in [0.5, 0.6) is 11.5 Å². The van der Waals surface area contributed by atoms with E-state index in [9.17, 15) is 10.2 Å². The normalized spacial score (nSPS) is 13.0. The second-order valence-electron chi connectivity index (χ2n) is 14.7. The van der Waals surface area contributed by atoms with Crippen LogP contribution in [0.2, 0.25) is 0 Å². The Morgan fingerprint density at radius 2 is 0.600 bits per heavy atom. The fourth-order valence-electron chi connectivity index (χ4n) is 9.66. The van der Waals surface area contributed by atoms with E-state index < -0.39 is 5.41 Å². The molecule has 2 nitrogen and oxygen atoms in total. The molecule has 1 aliphatic carbocycles. The van der Waals surface area contributed by atoms with Gasteiger partial charge in [-0.2, -0.15) is 0 Å². The molecule has 0 bridgehead atoms. The summed E-state index contributed by atoms with van der Waals surface area (Å²) < 4.78 is 0. The van der Waals surface area contributed by atoms with E-state index in [1.807, 2.05) is 0 Å². The molecule has 2 heteroatoms. The van der Waals surface area contributed by atoms with Gasteiger partial charge in [-0.05, 0) is 135 Å². The predicted molar refractivity (Wildman–Crippen MR) is 228 cm³/mol. The van der Waals surface area contributed by atoms with Gasteiger partial charge in [-0.25, -0.2) is 0 Å². The van der Waals surface area contributed by atoms with Gasteiger partial charge in [0.05, 0.1) is 5.41 Å². The number of phenolic OH excluding ortho intramolecular Hbond substituents is 2. The molecule has 11 rings (SSSR count). The summed E-state index contributed by atoms with van der Waals surface area (Å²) in [5, 5.41) is 31.1. The van der Waals surface area contributed by atoms with Gasteiger partial charge in [-0.1, -0.05) is 158 Å². The van der Waals surface area contributed by atoms with Gasteiger partial charge < -0.3 is 10.2 Å². The first-order chi connectivity index (χ1) is 27.1. The maximum absolute atomic E-state index is 10.8. The molecular weight excluding hydrogens is 669 g/mol. The second-order valence-corrected chi connectivity index (χ2v) is 14.7. The highest BCUT2D eigenvalue weighted by molar-refractivity contribution is 6.16. The zero-order valence-electron chi connectivity index (χ0n) is 29.9. The molecule has 0 unspecified atom stereocenters. The van der Waals surface area contributed by atoms with E-state index >= 15 is 0 Å². The zero-order valence-corrected chi connectivity index (χ0v) is 29.9. The molecule has 55 heavy (non-hydrogen) atoms. The third kappa shape index (κ3) is 4.49. The van der Waals surface area contributed by atoms with Gasteiger partial charge in [0.1, 0.15) is 11.5 Å². The average molecular weight is 703 g/mol. The molecule has 0 atom stereocenters. The summed E-state index contributed by atoms with van der Waals surface area (Å²) in [6.07, 6.45) is 0. The Kier molecular flexibility index (Phi) is 6.80. The number of hydrogen-bond acceptors (Lipinski definition) is 2. The minimum Gasteiger partial charge on any atom is -0.508 e. The maximum Gasteiger partial charge on any atom is 0.115 e. The third-order valence-electron chi connectivity index (χ3n) is 11.9. The molecule has 0 heterocycles. The van der Waals surface area contributed by atoms with Crippen molar-refractivity contribution < 1.29 is 10.2 Å². The molecule has 0 fully saturated rings. The van der Waals surface area contributed by atoms with Gasteiger partial charge in [-0.15, -0.1) is 0 Å². The van der Waals surface area contributed by atoms with Gasteiger partial charge in [0.15, 0.2) is 0 Å². The number of fused-ring (bicyclic) bond motifs is 9. The van der Waals surface area contributed by atoms with E-state index in [4.69, 9.17) is 0 Å². The highest BCUT2D eigenvalue weighted by atomic mass is 16.3. The fraction of sp³-hybridized carbons (Fsp3) is 0.0189. The summed E-state index contributed by atoms with van der Waals surface area (Å²) in [6.45, 7) is 0. The fourth-order valence-corrected chi connectivity index (χ4v) is 9.66. The standard InChI is InChI=1S/C53H34O2/c54-37-27-23-35(24-28-37)53(36-25-29-38(55)30-26-36)51-45(19-9-21-47(51)49-31-33-11-1-3-13-39(33)41-15-5-7-17-43(41)49)46-20-10-22-48(52(46)53)50-32-34-12-2-4-14-40(34)42-16-6-8-18-44(42)50/h1-32,54-55H. The second kappa shape index (κ2) is 11.9. The van der Waals surface area contributed by atoms with Gasteiger partial charge in [0, 0.05) is 0 Å². The van der Waals surface area contributed by atoms with Crippen molar-refractivity contribution in [3.8, 4) is 44.9 Å². The quantitative estimate of drug-likeness (QED) is 0.179. The molecule has 2 N–H and O–H groups in total. The lowest BCUT2D eigenvalue weighted by Gasteiger charge is -2.37. The summed E-state index contributed by atoms with van der Waals surface area (Å²) in [5.41, 5.74) is 10.5. The summed E-state index contributed by atoms with van der Waals surface area (Å²) in [6, 6.07) is 68.5. The first-order valence-corrected chi connectivity index (χ1v) is 18.8. The van der Waals surface area contributed by atoms with Gasteiger partial charge >= 0.3 is 0 Å². The van der Waals surface area contributed by atoms with E-state index in [-0.39, 0.29) is 11.5 Å². The van der Waals surface area contributed by atoms with Crippen LogP contribution in [0, 0.1) is 0 Å². The predicted octanol–water partition coefficient (Wildman–Crippen LogP) is 13.4. The summed E-state index contributed by atoms with van der Waals surface area (Å²) in [7, 11) is 0. The maximum atomic E-state index is 10.8. The third-order valence-corrected chi connectivity index (χ3v) is 11.9. The minimum atomic E-state index is -0.848. The average Bonchev–Trinajstić information content (AvgIpc) is 3.55. The van der Waals surface area contributed by atoms with Crippen LogP contribution < -0.4 is 0 Å². The van der Waals surface area contributed by atoms with Crippen molar-refractivity contribution in [2.45, 2.75) is 5.41 Å². The molecule has 10 aromatic rings. The van der Waals surface area contributed by atoms with Crippen LogP contribution in [0.25, 0.3) is 76.5 Å². The molecule has 0 amide bonds. The molecule has 258 valence electrons. The van der Waals surface area contributed by atoms with Gasteiger partial charge in [0.25, 0.3) is 0 Å². The van der Waals surface area contributed by atoms with Crippen molar-refractivity contribution in [1.82, 2.24) is 0 Å². The molecule has 0 radical (unpaired) electrons. The lowest BCUT2D eigenvalue weighted by Crippen LogP contribution is -2.30. The Hall–Kier alpha value is -7.16. The van der Waals surface area contributed by atoms with Crippen LogP contribution in [0.1, 0.15) is 22.3 Å². The van der Waals surface area contributed by atoms with E-state index in [0.29, 0.717) is 0 Å². The smallest absolute Gasteiger partial charge is 0.115 e.